The van der Waals surface area contributed by atoms with Crippen molar-refractivity contribution in [1.29, 1.82) is 0 Å². The second-order valence-corrected chi connectivity index (χ2v) is 9.88. The average Bonchev–Trinajstić information content (AvgIpc) is 3.55. The number of nitrogens with zero attached hydrogens (tertiary/aromatic N) is 3. The Balaban J connectivity index is 1.48. The van der Waals surface area contributed by atoms with Gasteiger partial charge >= 0.3 is 0 Å². The summed E-state index contributed by atoms with van der Waals surface area (Å²) in [4.78, 5) is 17.4. The van der Waals surface area contributed by atoms with E-state index in [0.717, 1.165) is 49.6 Å². The monoisotopic (exact) mass is 496 g/mol. The number of aromatic nitrogens is 3. The van der Waals surface area contributed by atoms with Crippen LogP contribution in [0.15, 0.2) is 66.3 Å². The summed E-state index contributed by atoms with van der Waals surface area (Å²) >= 11 is 1.66. The van der Waals surface area contributed by atoms with Gasteiger partial charge in [-0.05, 0) is 78.2 Å². The Morgan fingerprint density at radius 3 is 2.72 bits per heavy atom. The van der Waals surface area contributed by atoms with Crippen molar-refractivity contribution < 1.29 is 9.53 Å². The smallest absolute Gasteiger partial charge is 0.217 e. The molecule has 36 heavy (non-hydrogen) atoms. The van der Waals surface area contributed by atoms with Crippen molar-refractivity contribution in [3.8, 4) is 22.6 Å². The van der Waals surface area contributed by atoms with Gasteiger partial charge in [-0.2, -0.15) is 5.10 Å². The van der Waals surface area contributed by atoms with Crippen LogP contribution in [0.2, 0.25) is 0 Å². The van der Waals surface area contributed by atoms with Crippen LogP contribution in [0, 0.1) is 20.8 Å². The van der Waals surface area contributed by atoms with Gasteiger partial charge in [0.2, 0.25) is 5.91 Å². The summed E-state index contributed by atoms with van der Waals surface area (Å²) in [6.07, 6.45) is 3.71. The minimum atomic E-state index is -0.0290. The summed E-state index contributed by atoms with van der Waals surface area (Å²) in [6, 6.07) is 16.4. The number of aryl methyl sites for hydroxylation is 2. The molecule has 5 rings (SSSR count). The molecule has 0 unspecified atom stereocenters. The first-order chi connectivity index (χ1) is 17.4. The van der Waals surface area contributed by atoms with E-state index in [4.69, 9.17) is 9.72 Å². The standard InChI is InChI=1S/C29H28N4O2S/c1-18-9-10-22(23-11-14-36-28(23)16-30-21(4)34)20(3)25(18)17-35-27-8-5-7-24-26(33-13-6-12-31-33)15-19(2)32-29(24)27/h5-15H,16-17H2,1-4H3,(H,30,34). The first-order valence-corrected chi connectivity index (χ1v) is 12.7. The fourth-order valence-electron chi connectivity index (χ4n) is 4.52. The number of amides is 1. The summed E-state index contributed by atoms with van der Waals surface area (Å²) in [5, 5.41) is 10.4. The van der Waals surface area contributed by atoms with Crippen LogP contribution in [0.3, 0.4) is 0 Å². The lowest BCUT2D eigenvalue weighted by Gasteiger charge is -2.17. The Labute approximate surface area is 214 Å². The molecule has 1 amide bonds. The van der Waals surface area contributed by atoms with Crippen molar-refractivity contribution in [1.82, 2.24) is 20.1 Å². The third-order valence-electron chi connectivity index (χ3n) is 6.40. The van der Waals surface area contributed by atoms with Gasteiger partial charge in [0.05, 0.1) is 12.2 Å². The maximum absolute atomic E-state index is 11.4. The van der Waals surface area contributed by atoms with E-state index in [-0.39, 0.29) is 5.91 Å². The number of ether oxygens (including phenoxy) is 1. The largest absolute Gasteiger partial charge is 0.487 e. The van der Waals surface area contributed by atoms with Gasteiger partial charge < -0.3 is 10.1 Å². The molecule has 0 spiro atoms. The molecule has 0 saturated heterocycles. The Morgan fingerprint density at radius 1 is 1.08 bits per heavy atom. The molecule has 7 heteroatoms. The fraction of sp³-hybridized carbons (Fsp3) is 0.207. The van der Waals surface area contributed by atoms with E-state index >= 15 is 0 Å². The molecule has 3 heterocycles. The number of carbonyl (C=O) groups is 1. The Bertz CT molecular complexity index is 1550. The van der Waals surface area contributed by atoms with Crippen molar-refractivity contribution in [2.45, 2.75) is 40.8 Å². The summed E-state index contributed by atoms with van der Waals surface area (Å²) in [6.45, 7) is 8.75. The molecular weight excluding hydrogens is 468 g/mol. The topological polar surface area (TPSA) is 69.0 Å². The van der Waals surface area contributed by atoms with E-state index in [2.05, 4.69) is 53.9 Å². The van der Waals surface area contributed by atoms with Crippen LogP contribution in [0.1, 0.15) is 34.2 Å². The predicted molar refractivity (Wildman–Crippen MR) is 145 cm³/mol. The minimum Gasteiger partial charge on any atom is -0.487 e. The maximum Gasteiger partial charge on any atom is 0.217 e. The summed E-state index contributed by atoms with van der Waals surface area (Å²) < 4.78 is 8.29. The van der Waals surface area contributed by atoms with Gasteiger partial charge in [-0.25, -0.2) is 9.67 Å². The maximum atomic E-state index is 11.4. The van der Waals surface area contributed by atoms with E-state index in [1.165, 1.54) is 11.1 Å². The van der Waals surface area contributed by atoms with Crippen LogP contribution in [-0.4, -0.2) is 20.7 Å². The molecule has 5 aromatic rings. The number of nitrogens with one attached hydrogen (secondary N) is 1. The lowest BCUT2D eigenvalue weighted by Crippen LogP contribution is -2.18. The highest BCUT2D eigenvalue weighted by Crippen LogP contribution is 2.35. The first-order valence-electron chi connectivity index (χ1n) is 11.9. The lowest BCUT2D eigenvalue weighted by atomic mass is 9.94. The summed E-state index contributed by atoms with van der Waals surface area (Å²) in [5.41, 5.74) is 8.53. The highest BCUT2D eigenvalue weighted by atomic mass is 32.1. The number of rotatable bonds is 7. The van der Waals surface area contributed by atoms with Crippen molar-refractivity contribution in [3.63, 3.8) is 0 Å². The molecule has 6 nitrogen and oxygen atoms in total. The van der Waals surface area contributed by atoms with Crippen molar-refractivity contribution in [3.05, 3.63) is 93.6 Å². The Morgan fingerprint density at radius 2 is 1.94 bits per heavy atom. The second-order valence-electron chi connectivity index (χ2n) is 8.88. The van der Waals surface area contributed by atoms with Crippen LogP contribution in [-0.2, 0) is 17.9 Å². The van der Waals surface area contributed by atoms with Gasteiger partial charge in [0.15, 0.2) is 0 Å². The number of pyridine rings is 1. The van der Waals surface area contributed by atoms with E-state index in [1.807, 2.05) is 42.1 Å². The van der Waals surface area contributed by atoms with Crippen LogP contribution in [0.4, 0.5) is 0 Å². The highest BCUT2D eigenvalue weighted by Gasteiger charge is 2.16. The molecule has 2 aromatic carbocycles. The summed E-state index contributed by atoms with van der Waals surface area (Å²) in [5.74, 6) is 0.717. The number of hydrogen-bond donors (Lipinski definition) is 1. The molecule has 0 fully saturated rings. The predicted octanol–water partition coefficient (Wildman–Crippen LogP) is 6.29. The molecule has 182 valence electrons. The molecule has 0 saturated carbocycles. The van der Waals surface area contributed by atoms with Crippen molar-refractivity contribution in [2.75, 3.05) is 0 Å². The number of para-hydroxylation sites is 1. The van der Waals surface area contributed by atoms with Crippen molar-refractivity contribution in [2.24, 2.45) is 0 Å². The second kappa shape index (κ2) is 9.95. The third kappa shape index (κ3) is 4.62. The molecule has 0 aliphatic rings. The first kappa shape index (κ1) is 23.8. The quantitative estimate of drug-likeness (QED) is 0.288. The Hall–Kier alpha value is -3.97. The number of benzene rings is 2. The van der Waals surface area contributed by atoms with Gasteiger partial charge in [-0.15, -0.1) is 11.3 Å². The van der Waals surface area contributed by atoms with Gasteiger partial charge in [-0.1, -0.05) is 24.3 Å². The van der Waals surface area contributed by atoms with E-state index < -0.39 is 0 Å². The lowest BCUT2D eigenvalue weighted by molar-refractivity contribution is -0.119. The fourth-order valence-corrected chi connectivity index (χ4v) is 5.35. The third-order valence-corrected chi connectivity index (χ3v) is 7.32. The molecule has 1 N–H and O–H groups in total. The highest BCUT2D eigenvalue weighted by molar-refractivity contribution is 7.10. The van der Waals surface area contributed by atoms with Crippen molar-refractivity contribution >= 4 is 28.1 Å². The van der Waals surface area contributed by atoms with Crippen LogP contribution >= 0.6 is 11.3 Å². The van der Waals surface area contributed by atoms with Gasteiger partial charge in [0.1, 0.15) is 17.9 Å². The zero-order valence-electron chi connectivity index (χ0n) is 20.8. The van der Waals surface area contributed by atoms with E-state index in [0.29, 0.717) is 13.2 Å². The van der Waals surface area contributed by atoms with Crippen LogP contribution < -0.4 is 10.1 Å². The Kier molecular flexibility index (Phi) is 6.57. The number of carbonyl (C=O) groups excluding carboxylic acids is 1. The van der Waals surface area contributed by atoms with Gasteiger partial charge in [-0.3, -0.25) is 4.79 Å². The summed E-state index contributed by atoms with van der Waals surface area (Å²) in [7, 11) is 0. The number of fused-ring (bicyclic) bond motifs is 1. The number of hydrogen-bond acceptors (Lipinski definition) is 5. The molecule has 0 atom stereocenters. The minimum absolute atomic E-state index is 0.0290. The zero-order chi connectivity index (χ0) is 25.2. The molecule has 0 bridgehead atoms. The van der Waals surface area contributed by atoms with Gasteiger partial charge in [0, 0.05) is 35.3 Å². The molecule has 0 aliphatic heterocycles. The average molecular weight is 497 g/mol. The molecule has 0 radical (unpaired) electrons. The molecule has 3 aromatic heterocycles. The van der Waals surface area contributed by atoms with Crippen LogP contribution in [0.5, 0.6) is 5.75 Å². The normalized spacial score (nSPS) is 11.1. The zero-order valence-corrected chi connectivity index (χ0v) is 21.6. The number of thiophene rings is 1. The van der Waals surface area contributed by atoms with Crippen LogP contribution in [0.25, 0.3) is 27.7 Å². The van der Waals surface area contributed by atoms with Gasteiger partial charge in [0.25, 0.3) is 0 Å². The van der Waals surface area contributed by atoms with E-state index in [1.54, 1.807) is 24.5 Å². The SMILES string of the molecule is CC(=O)NCc1sccc1-c1ccc(C)c(COc2cccc3c(-n4cccn4)cc(C)nc23)c1C. The molecular formula is C29H28N4O2S. The van der Waals surface area contributed by atoms with E-state index in [9.17, 15) is 4.79 Å². The molecule has 0 aliphatic carbocycles.